The van der Waals surface area contributed by atoms with Gasteiger partial charge in [0.2, 0.25) is 0 Å². The lowest BCUT2D eigenvalue weighted by Gasteiger charge is -2.38. The lowest BCUT2D eigenvalue weighted by molar-refractivity contribution is 0.242. The monoisotopic (exact) mass is 315 g/mol. The van der Waals surface area contributed by atoms with Crippen molar-refractivity contribution in [2.45, 2.75) is 77.0 Å². The third-order valence-corrected chi connectivity index (χ3v) is 8.02. The van der Waals surface area contributed by atoms with Gasteiger partial charge in [-0.2, -0.15) is 0 Å². The highest BCUT2D eigenvalue weighted by atomic mass is 32.2. The van der Waals surface area contributed by atoms with E-state index in [4.69, 9.17) is 0 Å². The maximum atomic E-state index is 13.0. The fourth-order valence-electron chi connectivity index (χ4n) is 4.29. The maximum absolute atomic E-state index is 13.0. The number of hydrogen-bond acceptors (Lipinski definition) is 3. The van der Waals surface area contributed by atoms with E-state index >= 15 is 0 Å². The molecule has 0 aromatic rings. The van der Waals surface area contributed by atoms with Crippen LogP contribution in [-0.2, 0) is 9.84 Å². The Morgan fingerprint density at radius 3 is 2.33 bits per heavy atom. The normalized spacial score (nSPS) is 31.9. The average Bonchev–Trinajstić information content (AvgIpc) is 2.91. The molecule has 124 valence electrons. The second-order valence-electron chi connectivity index (χ2n) is 7.50. The first-order valence-electron chi connectivity index (χ1n) is 8.89. The zero-order valence-electron chi connectivity index (χ0n) is 14.0. The molecule has 2 aliphatic carbocycles. The van der Waals surface area contributed by atoms with Gasteiger partial charge in [-0.3, -0.25) is 0 Å². The molecule has 0 radical (unpaired) electrons. The molecule has 3 nitrogen and oxygen atoms in total. The highest BCUT2D eigenvalue weighted by Gasteiger charge is 2.40. The van der Waals surface area contributed by atoms with Crippen LogP contribution in [0.2, 0.25) is 0 Å². The Bertz CT molecular complexity index is 413. The van der Waals surface area contributed by atoms with Gasteiger partial charge in [-0.1, -0.05) is 33.6 Å². The van der Waals surface area contributed by atoms with Crippen molar-refractivity contribution in [3.8, 4) is 0 Å². The number of rotatable bonds is 6. The minimum absolute atomic E-state index is 0.154. The van der Waals surface area contributed by atoms with Crippen molar-refractivity contribution < 1.29 is 8.42 Å². The molecule has 3 unspecified atom stereocenters. The van der Waals surface area contributed by atoms with Gasteiger partial charge in [0, 0.05) is 6.04 Å². The summed E-state index contributed by atoms with van der Waals surface area (Å²) < 4.78 is 25.9. The Labute approximate surface area is 131 Å². The molecule has 0 aromatic carbocycles. The Kier molecular flexibility index (Phi) is 6.13. The topological polar surface area (TPSA) is 46.2 Å². The van der Waals surface area contributed by atoms with E-state index in [9.17, 15) is 8.42 Å². The van der Waals surface area contributed by atoms with Gasteiger partial charge in [0.15, 0.2) is 9.84 Å². The van der Waals surface area contributed by atoms with Gasteiger partial charge in [-0.05, 0) is 56.4 Å². The second kappa shape index (κ2) is 7.45. The van der Waals surface area contributed by atoms with E-state index in [1.807, 2.05) is 0 Å². The molecule has 0 bridgehead atoms. The van der Waals surface area contributed by atoms with Crippen LogP contribution >= 0.6 is 0 Å². The van der Waals surface area contributed by atoms with Crippen molar-refractivity contribution in [2.75, 3.05) is 12.3 Å². The first-order valence-corrected chi connectivity index (χ1v) is 10.6. The molecule has 0 spiro atoms. The summed E-state index contributed by atoms with van der Waals surface area (Å²) in [5.74, 6) is 2.03. The molecule has 2 saturated carbocycles. The molecule has 4 heteroatoms. The molecule has 2 aliphatic rings. The first-order chi connectivity index (χ1) is 9.94. The smallest absolute Gasteiger partial charge is 0.154 e. The van der Waals surface area contributed by atoms with Gasteiger partial charge in [-0.15, -0.1) is 0 Å². The number of nitrogens with one attached hydrogen (secondary N) is 1. The van der Waals surface area contributed by atoms with E-state index in [1.165, 1.54) is 19.3 Å². The molecule has 0 amide bonds. The van der Waals surface area contributed by atoms with Crippen molar-refractivity contribution in [1.82, 2.24) is 5.32 Å². The fourth-order valence-corrected chi connectivity index (χ4v) is 6.80. The highest BCUT2D eigenvalue weighted by molar-refractivity contribution is 7.92. The van der Waals surface area contributed by atoms with Crippen LogP contribution in [0.5, 0.6) is 0 Å². The zero-order chi connectivity index (χ0) is 15.5. The van der Waals surface area contributed by atoms with Crippen molar-refractivity contribution in [1.29, 1.82) is 0 Å². The predicted molar refractivity (Wildman–Crippen MR) is 89.2 cm³/mol. The van der Waals surface area contributed by atoms with Crippen molar-refractivity contribution in [2.24, 2.45) is 17.8 Å². The molecule has 0 aromatic heterocycles. The summed E-state index contributed by atoms with van der Waals surface area (Å²) in [5, 5.41) is 3.29. The fraction of sp³-hybridized carbons (Fsp3) is 1.00. The number of sulfone groups is 1. The van der Waals surface area contributed by atoms with Gasteiger partial charge < -0.3 is 5.32 Å². The van der Waals surface area contributed by atoms with Crippen molar-refractivity contribution in [3.63, 3.8) is 0 Å². The molecule has 1 N–H and O–H groups in total. The molecule has 3 atom stereocenters. The van der Waals surface area contributed by atoms with E-state index in [1.54, 1.807) is 0 Å². The molecule has 0 aliphatic heterocycles. The summed E-state index contributed by atoms with van der Waals surface area (Å²) in [7, 11) is -2.97. The SMILES string of the molecule is CCNC1CCC(C(C)C)CC1S(=O)(=O)CC1CCCC1. The lowest BCUT2D eigenvalue weighted by Crippen LogP contribution is -2.49. The molecular formula is C17H33NO2S. The quantitative estimate of drug-likeness (QED) is 0.817. The third kappa shape index (κ3) is 4.44. The van der Waals surface area contributed by atoms with Crippen LogP contribution in [0.15, 0.2) is 0 Å². The van der Waals surface area contributed by atoms with Gasteiger partial charge in [-0.25, -0.2) is 8.42 Å². The Hall–Kier alpha value is -0.0900. The first kappa shape index (κ1) is 17.3. The minimum atomic E-state index is -2.97. The molecule has 21 heavy (non-hydrogen) atoms. The summed E-state index contributed by atoms with van der Waals surface area (Å²) >= 11 is 0. The molecule has 2 rings (SSSR count). The van der Waals surface area contributed by atoms with E-state index in [0.717, 1.165) is 32.2 Å². The third-order valence-electron chi connectivity index (χ3n) is 5.65. The van der Waals surface area contributed by atoms with Crippen LogP contribution in [-0.4, -0.2) is 32.0 Å². The van der Waals surface area contributed by atoms with E-state index in [0.29, 0.717) is 23.5 Å². The average molecular weight is 316 g/mol. The van der Waals surface area contributed by atoms with Crippen molar-refractivity contribution >= 4 is 9.84 Å². The van der Waals surface area contributed by atoms with Crippen LogP contribution in [0.25, 0.3) is 0 Å². The van der Waals surface area contributed by atoms with Crippen LogP contribution in [0, 0.1) is 17.8 Å². The molecule has 2 fully saturated rings. The molecular weight excluding hydrogens is 282 g/mol. The van der Waals surface area contributed by atoms with Crippen LogP contribution < -0.4 is 5.32 Å². The van der Waals surface area contributed by atoms with E-state index < -0.39 is 9.84 Å². The lowest BCUT2D eigenvalue weighted by atomic mass is 9.79. The predicted octanol–water partition coefficient (Wildman–Crippen LogP) is 3.39. The zero-order valence-corrected chi connectivity index (χ0v) is 14.8. The maximum Gasteiger partial charge on any atom is 0.154 e. The highest BCUT2D eigenvalue weighted by Crippen LogP contribution is 2.36. The minimum Gasteiger partial charge on any atom is -0.313 e. The van der Waals surface area contributed by atoms with Crippen LogP contribution in [0.4, 0.5) is 0 Å². The summed E-state index contributed by atoms with van der Waals surface area (Å²) in [6.45, 7) is 7.42. The van der Waals surface area contributed by atoms with Crippen LogP contribution in [0.1, 0.15) is 65.7 Å². The van der Waals surface area contributed by atoms with E-state index in [-0.39, 0.29) is 11.3 Å². The summed E-state index contributed by atoms with van der Waals surface area (Å²) in [6.07, 6.45) is 7.73. The van der Waals surface area contributed by atoms with Gasteiger partial charge in [0.1, 0.15) is 0 Å². The number of hydrogen-bond donors (Lipinski definition) is 1. The van der Waals surface area contributed by atoms with Gasteiger partial charge in [0.25, 0.3) is 0 Å². The summed E-state index contributed by atoms with van der Waals surface area (Å²) in [5.41, 5.74) is 0. The Morgan fingerprint density at radius 2 is 1.76 bits per heavy atom. The Morgan fingerprint density at radius 1 is 1.10 bits per heavy atom. The van der Waals surface area contributed by atoms with Gasteiger partial charge in [0.05, 0.1) is 11.0 Å². The Balaban J connectivity index is 2.09. The summed E-state index contributed by atoms with van der Waals surface area (Å²) in [4.78, 5) is 0. The standard InChI is InChI=1S/C17H33NO2S/c1-4-18-16-10-9-15(13(2)3)11-17(16)21(19,20)12-14-7-5-6-8-14/h13-18H,4-12H2,1-3H3. The van der Waals surface area contributed by atoms with Gasteiger partial charge >= 0.3 is 0 Å². The summed E-state index contributed by atoms with van der Waals surface area (Å²) in [6, 6.07) is 0.177. The molecule has 0 saturated heterocycles. The molecule has 0 heterocycles. The van der Waals surface area contributed by atoms with Crippen molar-refractivity contribution in [3.05, 3.63) is 0 Å². The second-order valence-corrected chi connectivity index (χ2v) is 9.76. The van der Waals surface area contributed by atoms with E-state index in [2.05, 4.69) is 26.1 Å². The largest absolute Gasteiger partial charge is 0.313 e. The van der Waals surface area contributed by atoms with Crippen LogP contribution in [0.3, 0.4) is 0 Å².